The highest BCUT2D eigenvalue weighted by Gasteiger charge is 1.94. The van der Waals surface area contributed by atoms with Crippen LogP contribution in [0.15, 0.2) is 24.4 Å². The van der Waals surface area contributed by atoms with Crippen molar-refractivity contribution in [2.75, 3.05) is 6.16 Å². The lowest BCUT2D eigenvalue weighted by Crippen LogP contribution is -3.00. The first-order valence-electron chi connectivity index (χ1n) is 4.48. The van der Waals surface area contributed by atoms with E-state index in [2.05, 4.69) is 0 Å². The van der Waals surface area contributed by atoms with E-state index < -0.39 is 7.60 Å². The molecule has 0 unspecified atom stereocenters. The average molecular weight is 380 g/mol. The average Bonchev–Trinajstić information content (AvgIpc) is 2.09. The van der Waals surface area contributed by atoms with Crippen LogP contribution in [-0.2, 0) is 11.6 Å². The molecule has 1 rings (SSSR count). The lowest BCUT2D eigenvalue weighted by molar-refractivity contribution is -0.669. The minimum absolute atomic E-state index is 0. The molecule has 0 amide bonds. The van der Waals surface area contributed by atoms with Crippen molar-refractivity contribution >= 4 is 19.2 Å². The fourth-order valence-corrected chi connectivity index (χ4v) is 1.45. The van der Waals surface area contributed by atoms with Crippen molar-refractivity contribution in [2.24, 2.45) is 7.05 Å². The molecule has 1 aromatic rings. The van der Waals surface area contributed by atoms with Crippen LogP contribution >= 0.6 is 19.2 Å². The highest BCUT2D eigenvalue weighted by atomic mass is 127. The highest BCUT2D eigenvalue weighted by molar-refractivity contribution is 7.48. The van der Waals surface area contributed by atoms with Crippen LogP contribution in [0, 0.1) is 0 Å². The SMILES string of the molecule is CCCP(=O)([O-])[O-].C[n+]1ccccc1Cl.[IH2+]. The van der Waals surface area contributed by atoms with E-state index in [1.807, 2.05) is 36.0 Å². The zero-order chi connectivity index (χ0) is 11.9. The second-order valence-corrected chi connectivity index (χ2v) is 5.03. The molecule has 1 heterocycles. The van der Waals surface area contributed by atoms with E-state index in [9.17, 15) is 14.4 Å². The third-order valence-corrected chi connectivity index (χ3v) is 2.88. The quantitative estimate of drug-likeness (QED) is 0.237. The first kappa shape index (κ1) is 18.7. The smallest absolute Gasteiger partial charge is 0.274 e. The van der Waals surface area contributed by atoms with Gasteiger partial charge < -0.3 is 14.4 Å². The highest BCUT2D eigenvalue weighted by Crippen LogP contribution is 2.22. The van der Waals surface area contributed by atoms with Crippen LogP contribution in [0.3, 0.4) is 0 Å². The van der Waals surface area contributed by atoms with Crippen LogP contribution in [0.1, 0.15) is 13.3 Å². The molecule has 0 fully saturated rings. The topological polar surface area (TPSA) is 67.1 Å². The molecule has 4 nitrogen and oxygen atoms in total. The van der Waals surface area contributed by atoms with Gasteiger partial charge in [0.25, 0.3) is 5.15 Å². The minimum Gasteiger partial charge on any atom is -0.811 e. The second kappa shape index (κ2) is 9.36. The van der Waals surface area contributed by atoms with Crippen molar-refractivity contribution in [1.82, 2.24) is 0 Å². The Balaban J connectivity index is 0. The third kappa shape index (κ3) is 10.8. The Bertz CT molecular complexity index is 324. The molecule has 0 spiro atoms. The summed E-state index contributed by atoms with van der Waals surface area (Å²) in [7, 11) is -2.26. The predicted molar refractivity (Wildman–Crippen MR) is 58.2 cm³/mol. The Kier molecular flexibility index (Phi) is 10.9. The lowest BCUT2D eigenvalue weighted by atomic mass is 10.5. The van der Waals surface area contributed by atoms with Gasteiger partial charge in [-0.1, -0.05) is 20.9 Å². The van der Waals surface area contributed by atoms with Crippen LogP contribution in [0.5, 0.6) is 0 Å². The Morgan fingerprint density at radius 3 is 2.19 bits per heavy atom. The van der Waals surface area contributed by atoms with Crippen molar-refractivity contribution in [3.8, 4) is 0 Å². The molecule has 0 radical (unpaired) electrons. The molecule has 0 aliphatic carbocycles. The molecule has 0 aliphatic heterocycles. The number of aryl methyl sites for hydroxylation is 1. The van der Waals surface area contributed by atoms with Crippen LogP contribution < -0.4 is 38.3 Å². The molecule has 7 heteroatoms. The van der Waals surface area contributed by atoms with Crippen molar-refractivity contribution in [3.05, 3.63) is 29.5 Å². The maximum Gasteiger partial charge on any atom is 0.274 e. The van der Waals surface area contributed by atoms with E-state index in [-0.39, 0.29) is 30.1 Å². The summed E-state index contributed by atoms with van der Waals surface area (Å²) in [6.45, 7) is 1.66. The maximum atomic E-state index is 9.70. The molecule has 0 N–H and O–H groups in total. The van der Waals surface area contributed by atoms with Gasteiger partial charge in [-0.15, -0.1) is 0 Å². The summed E-state index contributed by atoms with van der Waals surface area (Å²) in [4.78, 5) is 19.4. The normalized spacial score (nSPS) is 9.81. The molecular weight excluding hydrogens is 363 g/mol. The molecule has 0 aromatic carbocycles. The van der Waals surface area contributed by atoms with Gasteiger partial charge in [0.2, 0.25) is 24.0 Å². The van der Waals surface area contributed by atoms with E-state index in [0.29, 0.717) is 6.42 Å². The summed E-state index contributed by atoms with van der Waals surface area (Å²) in [5, 5.41) is 0.757. The monoisotopic (exact) mass is 379 g/mol. The zero-order valence-corrected chi connectivity index (χ0v) is 13.4. The van der Waals surface area contributed by atoms with Gasteiger partial charge in [0.1, 0.15) is 7.05 Å². The summed E-state index contributed by atoms with van der Waals surface area (Å²) < 4.78 is 11.6. The predicted octanol–water partition coefficient (Wildman–Crippen LogP) is -3.06. The number of hydrogen-bond donors (Lipinski definition) is 0. The van der Waals surface area contributed by atoms with E-state index >= 15 is 0 Å². The molecule has 0 saturated heterocycles. The Morgan fingerprint density at radius 2 is 2.00 bits per heavy atom. The molecule has 0 aliphatic rings. The second-order valence-electron chi connectivity index (χ2n) is 2.97. The summed E-state index contributed by atoms with van der Waals surface area (Å²) in [5.74, 6) is 0. The van der Waals surface area contributed by atoms with Gasteiger partial charge in [0.15, 0.2) is 6.20 Å². The van der Waals surface area contributed by atoms with Crippen molar-refractivity contribution in [2.45, 2.75) is 13.3 Å². The van der Waals surface area contributed by atoms with Crippen molar-refractivity contribution < 1.29 is 42.9 Å². The van der Waals surface area contributed by atoms with Crippen molar-refractivity contribution in [1.29, 1.82) is 0 Å². The lowest BCUT2D eigenvalue weighted by Gasteiger charge is -2.28. The fourth-order valence-electron chi connectivity index (χ4n) is 0.776. The Morgan fingerprint density at radius 1 is 1.44 bits per heavy atom. The molecular formula is C9H16ClINO3P. The van der Waals surface area contributed by atoms with E-state index in [4.69, 9.17) is 11.6 Å². The molecule has 0 saturated carbocycles. The largest absolute Gasteiger partial charge is 0.811 e. The summed E-state index contributed by atoms with van der Waals surface area (Å²) in [6, 6.07) is 5.69. The third-order valence-electron chi connectivity index (χ3n) is 1.49. The Hall–Kier alpha value is 0.320. The zero-order valence-electron chi connectivity index (χ0n) is 9.17. The van der Waals surface area contributed by atoms with E-state index in [0.717, 1.165) is 5.15 Å². The minimum atomic E-state index is -4.17. The summed E-state index contributed by atoms with van der Waals surface area (Å²) >= 11 is 5.67. The number of aromatic nitrogens is 1. The van der Waals surface area contributed by atoms with Gasteiger partial charge in [-0.05, 0) is 23.8 Å². The fraction of sp³-hybridized carbons (Fsp3) is 0.444. The summed E-state index contributed by atoms with van der Waals surface area (Å²) in [5.41, 5.74) is 0. The van der Waals surface area contributed by atoms with Crippen LogP contribution in [0.25, 0.3) is 0 Å². The number of rotatable bonds is 2. The first-order valence-corrected chi connectivity index (χ1v) is 6.58. The van der Waals surface area contributed by atoms with Crippen LogP contribution in [0.4, 0.5) is 0 Å². The maximum absolute atomic E-state index is 9.70. The number of nitrogens with zero attached hydrogens (tertiary/aromatic N) is 1. The Labute approximate surface area is 118 Å². The molecule has 94 valence electrons. The molecule has 0 bridgehead atoms. The van der Waals surface area contributed by atoms with Gasteiger partial charge in [-0.3, -0.25) is 0 Å². The van der Waals surface area contributed by atoms with Gasteiger partial charge in [-0.25, -0.2) is 0 Å². The molecule has 16 heavy (non-hydrogen) atoms. The van der Waals surface area contributed by atoms with Crippen LogP contribution in [-0.4, -0.2) is 6.16 Å². The number of hydrogen-bond acceptors (Lipinski definition) is 3. The molecule has 1 aromatic heterocycles. The van der Waals surface area contributed by atoms with E-state index in [1.54, 1.807) is 6.92 Å². The number of pyridine rings is 1. The van der Waals surface area contributed by atoms with Gasteiger partial charge in [0, 0.05) is 12.1 Å². The van der Waals surface area contributed by atoms with Gasteiger partial charge >= 0.3 is 0 Å². The van der Waals surface area contributed by atoms with E-state index in [1.165, 1.54) is 0 Å². The van der Waals surface area contributed by atoms with Gasteiger partial charge in [-0.2, -0.15) is 4.57 Å². The molecule has 0 atom stereocenters. The first-order chi connectivity index (χ1) is 6.87. The van der Waals surface area contributed by atoms with Crippen molar-refractivity contribution in [3.63, 3.8) is 0 Å². The van der Waals surface area contributed by atoms with Gasteiger partial charge in [0.05, 0.1) is 0 Å². The number of halogens is 2. The standard InChI is InChI=1S/C6H7ClN.C3H9O3P.H2I/c1-8-5-3-2-4-6(8)7;1-2-3-7(4,5)6;/h2-5H,1H3;2-3H2,1H3,(H2,4,5,6);1H2/q+1;;+1/p-2. The van der Waals surface area contributed by atoms with Crippen LogP contribution in [0.2, 0.25) is 5.15 Å². The summed E-state index contributed by atoms with van der Waals surface area (Å²) in [6.07, 6.45) is 2.11.